The van der Waals surface area contributed by atoms with Crippen LogP contribution in [0.1, 0.15) is 15.2 Å². The van der Waals surface area contributed by atoms with Crippen LogP contribution in [0.15, 0.2) is 52.3 Å². The molecule has 0 spiro atoms. The lowest BCUT2D eigenvalue weighted by Crippen LogP contribution is -1.99. The topological polar surface area (TPSA) is 17.1 Å². The van der Waals surface area contributed by atoms with Gasteiger partial charge in [0, 0.05) is 5.56 Å². The highest BCUT2D eigenvalue weighted by atomic mass is 79.9. The average molecular weight is 352 g/mol. The van der Waals surface area contributed by atoms with Crippen LogP contribution in [-0.2, 0) is 0 Å². The molecule has 0 fully saturated rings. The highest BCUT2D eigenvalue weighted by molar-refractivity contribution is 9.11. The third kappa shape index (κ3) is 2.34. The van der Waals surface area contributed by atoms with E-state index in [1.165, 1.54) is 11.3 Å². The molecule has 0 aliphatic carbocycles. The maximum Gasteiger partial charge on any atom is 0.203 e. The first kappa shape index (κ1) is 12.9. The van der Waals surface area contributed by atoms with Crippen molar-refractivity contribution in [2.45, 2.75) is 0 Å². The van der Waals surface area contributed by atoms with Crippen molar-refractivity contribution in [2.75, 3.05) is 0 Å². The number of rotatable bonds is 2. The van der Waals surface area contributed by atoms with Crippen LogP contribution < -0.4 is 0 Å². The zero-order valence-electron chi connectivity index (χ0n) is 9.69. The Morgan fingerprint density at radius 3 is 2.58 bits per heavy atom. The lowest BCUT2D eigenvalue weighted by molar-refractivity contribution is 0.104. The molecule has 0 N–H and O–H groups in total. The predicted octanol–water partition coefficient (Wildman–Crippen LogP) is 5.55. The van der Waals surface area contributed by atoms with E-state index in [0.29, 0.717) is 15.5 Å². The van der Waals surface area contributed by atoms with Gasteiger partial charge >= 0.3 is 0 Å². The zero-order chi connectivity index (χ0) is 13.4. The SMILES string of the molecule is O=C(c1cc(Cl)c(Br)s1)c1cccc2ccccc12. The fourth-order valence-corrected chi connectivity index (χ4v) is 3.67. The fraction of sp³-hybridized carbons (Fsp3) is 0. The summed E-state index contributed by atoms with van der Waals surface area (Å²) >= 11 is 10.7. The minimum absolute atomic E-state index is 0.00870. The lowest BCUT2D eigenvalue weighted by Gasteiger charge is -2.03. The number of carbonyl (C=O) groups is 1. The Kier molecular flexibility index (Phi) is 3.44. The summed E-state index contributed by atoms with van der Waals surface area (Å²) in [6.45, 7) is 0. The Labute approximate surface area is 128 Å². The van der Waals surface area contributed by atoms with Crippen molar-refractivity contribution in [3.63, 3.8) is 0 Å². The molecule has 19 heavy (non-hydrogen) atoms. The standard InChI is InChI=1S/C15H8BrClOS/c16-15-12(17)8-13(19-15)14(18)11-7-3-5-9-4-1-2-6-10(9)11/h1-8H. The molecule has 0 radical (unpaired) electrons. The molecule has 1 heterocycles. The van der Waals surface area contributed by atoms with Gasteiger partial charge in [0.1, 0.15) is 0 Å². The van der Waals surface area contributed by atoms with Gasteiger partial charge < -0.3 is 0 Å². The van der Waals surface area contributed by atoms with Gasteiger partial charge in [-0.2, -0.15) is 0 Å². The highest BCUT2D eigenvalue weighted by Crippen LogP contribution is 2.34. The molecule has 3 rings (SSSR count). The van der Waals surface area contributed by atoms with Gasteiger partial charge in [0.05, 0.1) is 13.7 Å². The summed E-state index contributed by atoms with van der Waals surface area (Å²) in [5.41, 5.74) is 0.712. The van der Waals surface area contributed by atoms with Crippen LogP contribution in [-0.4, -0.2) is 5.78 Å². The van der Waals surface area contributed by atoms with Crippen molar-refractivity contribution in [1.29, 1.82) is 0 Å². The molecule has 0 aliphatic rings. The third-order valence-corrected chi connectivity index (χ3v) is 5.38. The molecule has 0 aliphatic heterocycles. The maximum absolute atomic E-state index is 12.6. The monoisotopic (exact) mass is 350 g/mol. The number of ketones is 1. The van der Waals surface area contributed by atoms with Crippen molar-refractivity contribution in [1.82, 2.24) is 0 Å². The van der Waals surface area contributed by atoms with Crippen LogP contribution in [0, 0.1) is 0 Å². The zero-order valence-corrected chi connectivity index (χ0v) is 12.8. The molecule has 0 bridgehead atoms. The van der Waals surface area contributed by atoms with Gasteiger partial charge in [-0.3, -0.25) is 4.79 Å². The molecule has 0 atom stereocenters. The van der Waals surface area contributed by atoms with Crippen molar-refractivity contribution in [3.8, 4) is 0 Å². The van der Waals surface area contributed by atoms with Gasteiger partial charge in [0.15, 0.2) is 0 Å². The fourth-order valence-electron chi connectivity index (χ4n) is 2.01. The van der Waals surface area contributed by atoms with Gasteiger partial charge in [0.25, 0.3) is 0 Å². The van der Waals surface area contributed by atoms with E-state index in [2.05, 4.69) is 15.9 Å². The van der Waals surface area contributed by atoms with E-state index in [1.807, 2.05) is 42.5 Å². The molecule has 0 amide bonds. The normalized spacial score (nSPS) is 10.8. The van der Waals surface area contributed by atoms with E-state index in [0.717, 1.165) is 14.6 Å². The molecule has 3 aromatic rings. The van der Waals surface area contributed by atoms with Gasteiger partial charge in [-0.1, -0.05) is 54.1 Å². The smallest absolute Gasteiger partial charge is 0.203 e. The minimum Gasteiger partial charge on any atom is -0.288 e. The van der Waals surface area contributed by atoms with Crippen LogP contribution in [0.3, 0.4) is 0 Å². The van der Waals surface area contributed by atoms with Crippen LogP contribution in [0.2, 0.25) is 5.02 Å². The van der Waals surface area contributed by atoms with E-state index in [4.69, 9.17) is 11.6 Å². The van der Waals surface area contributed by atoms with Crippen LogP contribution in [0.4, 0.5) is 0 Å². The first-order valence-corrected chi connectivity index (χ1v) is 7.63. The quantitative estimate of drug-likeness (QED) is 0.553. The minimum atomic E-state index is 0.00870. The average Bonchev–Trinajstić information content (AvgIpc) is 2.77. The summed E-state index contributed by atoms with van der Waals surface area (Å²) < 4.78 is 0.790. The molecular formula is C15H8BrClOS. The Morgan fingerprint density at radius 2 is 1.84 bits per heavy atom. The number of hydrogen-bond acceptors (Lipinski definition) is 2. The molecule has 4 heteroatoms. The largest absolute Gasteiger partial charge is 0.288 e. The first-order valence-electron chi connectivity index (χ1n) is 5.64. The number of carbonyl (C=O) groups excluding carboxylic acids is 1. The number of benzene rings is 2. The van der Waals surface area contributed by atoms with E-state index in [9.17, 15) is 4.79 Å². The van der Waals surface area contributed by atoms with E-state index >= 15 is 0 Å². The van der Waals surface area contributed by atoms with Crippen LogP contribution in [0.5, 0.6) is 0 Å². The molecule has 2 aromatic carbocycles. The summed E-state index contributed by atoms with van der Waals surface area (Å²) in [7, 11) is 0. The molecule has 0 saturated carbocycles. The number of hydrogen-bond donors (Lipinski definition) is 0. The second-order valence-electron chi connectivity index (χ2n) is 4.09. The second-order valence-corrected chi connectivity index (χ2v) is 6.87. The summed E-state index contributed by atoms with van der Waals surface area (Å²) in [5, 5.41) is 2.61. The number of halogens is 2. The second kappa shape index (κ2) is 5.08. The van der Waals surface area contributed by atoms with Gasteiger partial charge in [0.2, 0.25) is 5.78 Å². The van der Waals surface area contributed by atoms with Crippen LogP contribution in [0.25, 0.3) is 10.8 Å². The van der Waals surface area contributed by atoms with E-state index < -0.39 is 0 Å². The lowest BCUT2D eigenvalue weighted by atomic mass is 10.0. The third-order valence-electron chi connectivity index (χ3n) is 2.90. The highest BCUT2D eigenvalue weighted by Gasteiger charge is 2.16. The van der Waals surface area contributed by atoms with Gasteiger partial charge in [-0.15, -0.1) is 11.3 Å². The molecule has 1 nitrogen and oxygen atoms in total. The number of fused-ring (bicyclic) bond motifs is 1. The molecular weight excluding hydrogens is 344 g/mol. The first-order chi connectivity index (χ1) is 9.16. The summed E-state index contributed by atoms with van der Waals surface area (Å²) in [6.07, 6.45) is 0. The van der Waals surface area contributed by atoms with Crippen molar-refractivity contribution < 1.29 is 4.79 Å². The van der Waals surface area contributed by atoms with Gasteiger partial charge in [-0.05, 0) is 32.8 Å². The van der Waals surface area contributed by atoms with E-state index in [-0.39, 0.29) is 5.78 Å². The summed E-state index contributed by atoms with van der Waals surface area (Å²) in [4.78, 5) is 13.2. The van der Waals surface area contributed by atoms with Gasteiger partial charge in [-0.25, -0.2) is 0 Å². The molecule has 0 unspecified atom stereocenters. The maximum atomic E-state index is 12.6. The number of thiophene rings is 1. The Morgan fingerprint density at radius 1 is 1.11 bits per heavy atom. The van der Waals surface area contributed by atoms with E-state index in [1.54, 1.807) is 6.07 Å². The summed E-state index contributed by atoms with van der Waals surface area (Å²) in [5.74, 6) is 0.00870. The predicted molar refractivity (Wildman–Crippen MR) is 84.4 cm³/mol. The van der Waals surface area contributed by atoms with Crippen molar-refractivity contribution in [3.05, 3.63) is 67.8 Å². The Hall–Kier alpha value is -1.16. The van der Waals surface area contributed by atoms with Crippen LogP contribution >= 0.6 is 38.9 Å². The van der Waals surface area contributed by atoms with Crippen molar-refractivity contribution in [2.24, 2.45) is 0 Å². The molecule has 0 saturated heterocycles. The molecule has 94 valence electrons. The summed E-state index contributed by atoms with van der Waals surface area (Å²) in [6, 6.07) is 15.3. The molecule has 1 aromatic heterocycles. The van der Waals surface area contributed by atoms with Crippen molar-refractivity contribution >= 4 is 55.4 Å². The Balaban J connectivity index is 2.16. The Bertz CT molecular complexity index is 754.